The molecular formula is C15H23N3O2. The van der Waals surface area contributed by atoms with Crippen molar-refractivity contribution in [2.45, 2.75) is 37.8 Å². The first kappa shape index (κ1) is 13.6. The summed E-state index contributed by atoms with van der Waals surface area (Å²) in [5.74, 6) is 0.0100. The van der Waals surface area contributed by atoms with E-state index in [9.17, 15) is 4.79 Å². The Labute approximate surface area is 119 Å². The lowest BCUT2D eigenvalue weighted by atomic mass is 10.1. The molecule has 2 aliphatic rings. The van der Waals surface area contributed by atoms with Crippen LogP contribution in [0, 0.1) is 0 Å². The molecule has 2 heterocycles. The SMILES string of the molecule is O=C(NCCOC1CCNCC1)c1cccn1C1CC1. The van der Waals surface area contributed by atoms with Crippen LogP contribution in [0.15, 0.2) is 18.3 Å². The molecule has 1 aromatic rings. The molecule has 1 saturated heterocycles. The van der Waals surface area contributed by atoms with Gasteiger partial charge in [0.2, 0.25) is 0 Å². The van der Waals surface area contributed by atoms with Gasteiger partial charge in [-0.3, -0.25) is 4.79 Å². The molecule has 1 aliphatic carbocycles. The van der Waals surface area contributed by atoms with Crippen LogP contribution >= 0.6 is 0 Å². The molecule has 2 N–H and O–H groups in total. The number of amides is 1. The zero-order chi connectivity index (χ0) is 13.8. The summed E-state index contributed by atoms with van der Waals surface area (Å²) < 4.78 is 7.87. The molecule has 0 atom stereocenters. The van der Waals surface area contributed by atoms with E-state index in [1.807, 2.05) is 18.3 Å². The standard InChI is InChI=1S/C15H23N3O2/c19-15(14-2-1-10-18(14)12-3-4-12)17-9-11-20-13-5-7-16-8-6-13/h1-2,10,12-13,16H,3-9,11H2,(H,17,19). The first-order valence-electron chi connectivity index (χ1n) is 7.62. The van der Waals surface area contributed by atoms with Crippen LogP contribution in [-0.2, 0) is 4.74 Å². The van der Waals surface area contributed by atoms with Gasteiger partial charge in [0, 0.05) is 18.8 Å². The predicted octanol–water partition coefficient (Wildman–Crippen LogP) is 1.32. The summed E-state index contributed by atoms with van der Waals surface area (Å²) in [6.07, 6.45) is 6.86. The Morgan fingerprint density at radius 3 is 2.90 bits per heavy atom. The molecule has 1 saturated carbocycles. The summed E-state index contributed by atoms with van der Waals surface area (Å²) >= 11 is 0. The van der Waals surface area contributed by atoms with E-state index in [2.05, 4.69) is 15.2 Å². The minimum Gasteiger partial charge on any atom is -0.376 e. The average molecular weight is 277 g/mol. The zero-order valence-electron chi connectivity index (χ0n) is 11.8. The Kier molecular flexibility index (Phi) is 4.38. The normalized spacial score (nSPS) is 20.0. The number of carbonyl (C=O) groups excluding carboxylic acids is 1. The number of hydrogen-bond donors (Lipinski definition) is 2. The summed E-state index contributed by atoms with van der Waals surface area (Å²) in [5, 5.41) is 6.26. The lowest BCUT2D eigenvalue weighted by Crippen LogP contribution is -2.35. The highest BCUT2D eigenvalue weighted by Gasteiger charge is 2.26. The lowest BCUT2D eigenvalue weighted by Gasteiger charge is -2.22. The van der Waals surface area contributed by atoms with Crippen LogP contribution in [0.3, 0.4) is 0 Å². The van der Waals surface area contributed by atoms with E-state index in [0.717, 1.165) is 31.6 Å². The molecule has 0 bridgehead atoms. The number of aromatic nitrogens is 1. The third-order valence-corrected chi connectivity index (χ3v) is 3.98. The zero-order valence-corrected chi connectivity index (χ0v) is 11.8. The van der Waals surface area contributed by atoms with Gasteiger partial charge in [-0.15, -0.1) is 0 Å². The van der Waals surface area contributed by atoms with Crippen molar-refractivity contribution >= 4 is 5.91 Å². The highest BCUT2D eigenvalue weighted by Crippen LogP contribution is 2.35. The molecule has 2 fully saturated rings. The van der Waals surface area contributed by atoms with Gasteiger partial charge in [0.1, 0.15) is 5.69 Å². The number of carbonyl (C=O) groups is 1. The third-order valence-electron chi connectivity index (χ3n) is 3.98. The first-order chi connectivity index (χ1) is 9.84. The Morgan fingerprint density at radius 2 is 2.15 bits per heavy atom. The largest absolute Gasteiger partial charge is 0.376 e. The molecule has 5 nitrogen and oxygen atoms in total. The van der Waals surface area contributed by atoms with Gasteiger partial charge in [-0.1, -0.05) is 0 Å². The predicted molar refractivity (Wildman–Crippen MR) is 76.9 cm³/mol. The van der Waals surface area contributed by atoms with Crippen LogP contribution in [0.4, 0.5) is 0 Å². The highest BCUT2D eigenvalue weighted by molar-refractivity contribution is 5.92. The van der Waals surface area contributed by atoms with Gasteiger partial charge in [-0.05, 0) is 50.9 Å². The summed E-state index contributed by atoms with van der Waals surface area (Å²) in [7, 11) is 0. The van der Waals surface area contributed by atoms with E-state index in [0.29, 0.717) is 25.3 Å². The molecule has 110 valence electrons. The van der Waals surface area contributed by atoms with Crippen molar-refractivity contribution in [3.05, 3.63) is 24.0 Å². The van der Waals surface area contributed by atoms with Gasteiger partial charge in [-0.2, -0.15) is 0 Å². The number of piperidine rings is 1. The Hall–Kier alpha value is -1.33. The molecule has 3 rings (SSSR count). The monoisotopic (exact) mass is 277 g/mol. The van der Waals surface area contributed by atoms with Crippen LogP contribution in [0.1, 0.15) is 42.2 Å². The maximum Gasteiger partial charge on any atom is 0.267 e. The lowest BCUT2D eigenvalue weighted by molar-refractivity contribution is 0.0343. The van der Waals surface area contributed by atoms with Crippen molar-refractivity contribution in [2.24, 2.45) is 0 Å². The molecule has 1 amide bonds. The van der Waals surface area contributed by atoms with Crippen LogP contribution in [0.2, 0.25) is 0 Å². The van der Waals surface area contributed by atoms with E-state index >= 15 is 0 Å². The fourth-order valence-electron chi connectivity index (χ4n) is 2.70. The molecule has 5 heteroatoms. The second-order valence-corrected chi connectivity index (χ2v) is 5.61. The van der Waals surface area contributed by atoms with Gasteiger partial charge in [0.05, 0.1) is 12.7 Å². The van der Waals surface area contributed by atoms with Crippen LogP contribution < -0.4 is 10.6 Å². The third kappa shape index (κ3) is 3.41. The maximum absolute atomic E-state index is 12.1. The van der Waals surface area contributed by atoms with Crippen molar-refractivity contribution in [3.63, 3.8) is 0 Å². The summed E-state index contributed by atoms with van der Waals surface area (Å²) in [4.78, 5) is 12.1. The van der Waals surface area contributed by atoms with Crippen molar-refractivity contribution in [1.29, 1.82) is 0 Å². The summed E-state index contributed by atoms with van der Waals surface area (Å²) in [5.41, 5.74) is 0.773. The highest BCUT2D eigenvalue weighted by atomic mass is 16.5. The topological polar surface area (TPSA) is 55.3 Å². The molecule has 0 radical (unpaired) electrons. The maximum atomic E-state index is 12.1. The minimum atomic E-state index is 0.0100. The quantitative estimate of drug-likeness (QED) is 0.771. The molecule has 20 heavy (non-hydrogen) atoms. The van der Waals surface area contributed by atoms with E-state index in [1.54, 1.807) is 0 Å². The van der Waals surface area contributed by atoms with Crippen LogP contribution in [0.5, 0.6) is 0 Å². The smallest absolute Gasteiger partial charge is 0.267 e. The number of ether oxygens (including phenoxy) is 1. The number of nitrogens with zero attached hydrogens (tertiary/aromatic N) is 1. The van der Waals surface area contributed by atoms with Gasteiger partial charge in [-0.25, -0.2) is 0 Å². The Balaban J connectivity index is 1.39. The van der Waals surface area contributed by atoms with Crippen molar-refractivity contribution < 1.29 is 9.53 Å². The minimum absolute atomic E-state index is 0.0100. The van der Waals surface area contributed by atoms with Gasteiger partial charge < -0.3 is 19.9 Å². The second kappa shape index (κ2) is 6.41. The molecule has 0 aromatic carbocycles. The molecular weight excluding hydrogens is 254 g/mol. The number of rotatable bonds is 6. The number of hydrogen-bond acceptors (Lipinski definition) is 3. The summed E-state index contributed by atoms with van der Waals surface area (Å²) in [6.45, 7) is 3.25. The Bertz CT molecular complexity index is 448. The van der Waals surface area contributed by atoms with Crippen molar-refractivity contribution in [3.8, 4) is 0 Å². The van der Waals surface area contributed by atoms with Gasteiger partial charge in [0.25, 0.3) is 5.91 Å². The second-order valence-electron chi connectivity index (χ2n) is 5.61. The summed E-state index contributed by atoms with van der Waals surface area (Å²) in [6, 6.07) is 4.37. The Morgan fingerprint density at radius 1 is 1.35 bits per heavy atom. The molecule has 1 aromatic heterocycles. The van der Waals surface area contributed by atoms with Crippen LogP contribution in [-0.4, -0.2) is 42.8 Å². The van der Waals surface area contributed by atoms with E-state index in [-0.39, 0.29) is 5.91 Å². The van der Waals surface area contributed by atoms with E-state index in [4.69, 9.17) is 4.74 Å². The van der Waals surface area contributed by atoms with Gasteiger partial charge in [0.15, 0.2) is 0 Å². The fourth-order valence-corrected chi connectivity index (χ4v) is 2.70. The van der Waals surface area contributed by atoms with Crippen LogP contribution in [0.25, 0.3) is 0 Å². The van der Waals surface area contributed by atoms with Crippen molar-refractivity contribution in [1.82, 2.24) is 15.2 Å². The fraction of sp³-hybridized carbons (Fsp3) is 0.667. The van der Waals surface area contributed by atoms with E-state index in [1.165, 1.54) is 12.8 Å². The van der Waals surface area contributed by atoms with Gasteiger partial charge >= 0.3 is 0 Å². The molecule has 0 spiro atoms. The average Bonchev–Trinajstić information content (AvgIpc) is 3.21. The molecule has 0 unspecified atom stereocenters. The van der Waals surface area contributed by atoms with E-state index < -0.39 is 0 Å². The van der Waals surface area contributed by atoms with Crippen molar-refractivity contribution in [2.75, 3.05) is 26.2 Å². The first-order valence-corrected chi connectivity index (χ1v) is 7.62. The molecule has 1 aliphatic heterocycles. The number of nitrogens with one attached hydrogen (secondary N) is 2.